The highest BCUT2D eigenvalue weighted by atomic mass is 16.6. The summed E-state index contributed by atoms with van der Waals surface area (Å²) in [6, 6.07) is 0. The van der Waals surface area contributed by atoms with Crippen LogP contribution in [0.2, 0.25) is 0 Å². The average Bonchev–Trinajstić information content (AvgIpc) is 1.82. The number of aliphatic carboxylic acids is 1. The molecule has 0 heterocycles. The lowest BCUT2D eigenvalue weighted by Gasteiger charge is -2.10. The molecule has 0 bridgehead atoms. The summed E-state index contributed by atoms with van der Waals surface area (Å²) in [5.41, 5.74) is 1.92. The Bertz CT molecular complexity index is 146. The van der Waals surface area contributed by atoms with E-state index in [1.165, 1.54) is 0 Å². The van der Waals surface area contributed by atoms with Gasteiger partial charge < -0.3 is 5.11 Å². The molecule has 0 aliphatic heterocycles. The van der Waals surface area contributed by atoms with Crippen molar-refractivity contribution in [3.63, 3.8) is 0 Å². The molecule has 0 spiro atoms. The van der Waals surface area contributed by atoms with E-state index in [2.05, 4.69) is 0 Å². The van der Waals surface area contributed by atoms with Crippen molar-refractivity contribution in [1.82, 2.24) is 10.6 Å². The van der Waals surface area contributed by atoms with Crippen LogP contribution in [-0.4, -0.2) is 33.9 Å². The topological polar surface area (TPSA) is 89.9 Å². The first-order valence-electron chi connectivity index (χ1n) is 2.49. The standard InChI is InChI=1S/C4H8N2O4/c1-3(7)6(10)5-2-4(8)9/h5,10H,2H2,1H3,(H,8,9). The van der Waals surface area contributed by atoms with Crippen molar-refractivity contribution < 1.29 is 19.9 Å². The zero-order valence-corrected chi connectivity index (χ0v) is 5.37. The molecule has 0 saturated heterocycles. The van der Waals surface area contributed by atoms with Crippen molar-refractivity contribution in [2.24, 2.45) is 0 Å². The Hall–Kier alpha value is -1.14. The second kappa shape index (κ2) is 3.80. The second-order valence-corrected chi connectivity index (χ2v) is 1.56. The number of hydrazine groups is 1. The third-order valence-electron chi connectivity index (χ3n) is 0.678. The SMILES string of the molecule is CC(=O)N(O)NCC(=O)O. The molecule has 0 aromatic rings. The van der Waals surface area contributed by atoms with Gasteiger partial charge in [0.2, 0.25) is 0 Å². The van der Waals surface area contributed by atoms with Gasteiger partial charge in [-0.3, -0.25) is 14.8 Å². The second-order valence-electron chi connectivity index (χ2n) is 1.56. The Labute approximate surface area is 57.0 Å². The molecule has 0 aliphatic rings. The molecule has 6 heteroatoms. The molecule has 6 nitrogen and oxygen atoms in total. The highest BCUT2D eigenvalue weighted by molar-refractivity contribution is 5.73. The fourth-order valence-corrected chi connectivity index (χ4v) is 0.254. The highest BCUT2D eigenvalue weighted by Gasteiger charge is 2.04. The Morgan fingerprint density at radius 3 is 2.40 bits per heavy atom. The third-order valence-corrected chi connectivity index (χ3v) is 0.678. The van der Waals surface area contributed by atoms with Crippen LogP contribution in [-0.2, 0) is 9.59 Å². The van der Waals surface area contributed by atoms with Gasteiger partial charge in [0.25, 0.3) is 5.91 Å². The zero-order valence-electron chi connectivity index (χ0n) is 5.37. The first-order chi connectivity index (χ1) is 4.54. The molecule has 0 unspecified atom stereocenters. The summed E-state index contributed by atoms with van der Waals surface area (Å²) in [5, 5.41) is 16.6. The zero-order chi connectivity index (χ0) is 8.15. The number of hydrogen-bond donors (Lipinski definition) is 3. The first kappa shape index (κ1) is 8.86. The molecule has 0 aliphatic carbocycles. The number of nitrogens with zero attached hydrogens (tertiary/aromatic N) is 1. The van der Waals surface area contributed by atoms with Gasteiger partial charge in [0.1, 0.15) is 6.54 Å². The Kier molecular flexibility index (Phi) is 3.37. The van der Waals surface area contributed by atoms with Gasteiger partial charge in [-0.2, -0.15) is 10.6 Å². The number of hydrogen-bond acceptors (Lipinski definition) is 4. The van der Waals surface area contributed by atoms with Crippen LogP contribution in [0.1, 0.15) is 6.92 Å². The molecule has 0 aromatic carbocycles. The molecule has 3 N–H and O–H groups in total. The molecule has 58 valence electrons. The lowest BCUT2D eigenvalue weighted by Crippen LogP contribution is -2.41. The Morgan fingerprint density at radius 2 is 2.10 bits per heavy atom. The van der Waals surface area contributed by atoms with E-state index in [9.17, 15) is 9.59 Å². The van der Waals surface area contributed by atoms with E-state index in [0.29, 0.717) is 0 Å². The van der Waals surface area contributed by atoms with Crippen LogP contribution in [0.5, 0.6) is 0 Å². The van der Waals surface area contributed by atoms with Crippen LogP contribution in [0.15, 0.2) is 0 Å². The smallest absolute Gasteiger partial charge is 0.319 e. The van der Waals surface area contributed by atoms with E-state index in [1.54, 1.807) is 0 Å². The van der Waals surface area contributed by atoms with Crippen molar-refractivity contribution in [3.8, 4) is 0 Å². The number of rotatable bonds is 3. The molecule has 0 saturated carbocycles. The molecule has 0 aromatic heterocycles. The van der Waals surface area contributed by atoms with Crippen molar-refractivity contribution in [2.45, 2.75) is 6.92 Å². The van der Waals surface area contributed by atoms with E-state index in [-0.39, 0.29) is 5.17 Å². The molecule has 0 rings (SSSR count). The fraction of sp³-hybridized carbons (Fsp3) is 0.500. The van der Waals surface area contributed by atoms with Gasteiger partial charge in [0, 0.05) is 6.92 Å². The normalized spacial score (nSPS) is 9.00. The van der Waals surface area contributed by atoms with Crippen LogP contribution >= 0.6 is 0 Å². The number of carbonyl (C=O) groups excluding carboxylic acids is 1. The molecule has 1 amide bonds. The fourth-order valence-electron chi connectivity index (χ4n) is 0.254. The van der Waals surface area contributed by atoms with Crippen LogP contribution < -0.4 is 5.43 Å². The van der Waals surface area contributed by atoms with Gasteiger partial charge in [0.05, 0.1) is 0 Å². The first-order valence-corrected chi connectivity index (χ1v) is 2.49. The van der Waals surface area contributed by atoms with E-state index >= 15 is 0 Å². The van der Waals surface area contributed by atoms with Crippen molar-refractivity contribution in [3.05, 3.63) is 0 Å². The van der Waals surface area contributed by atoms with E-state index in [4.69, 9.17) is 10.3 Å². The van der Waals surface area contributed by atoms with Crippen LogP contribution in [0.3, 0.4) is 0 Å². The minimum atomic E-state index is -1.15. The quantitative estimate of drug-likeness (QED) is 0.346. The predicted octanol–water partition coefficient (Wildman–Crippen LogP) is -1.19. The summed E-state index contributed by atoms with van der Waals surface area (Å²) in [4.78, 5) is 20.0. The van der Waals surface area contributed by atoms with Gasteiger partial charge in [-0.25, -0.2) is 0 Å². The largest absolute Gasteiger partial charge is 0.480 e. The van der Waals surface area contributed by atoms with Crippen molar-refractivity contribution in [1.29, 1.82) is 0 Å². The molecular formula is C4H8N2O4. The maximum Gasteiger partial charge on any atom is 0.319 e. The number of hydroxylamine groups is 1. The lowest BCUT2D eigenvalue weighted by atomic mass is 10.7. The summed E-state index contributed by atoms with van der Waals surface area (Å²) in [6.07, 6.45) is 0. The lowest BCUT2D eigenvalue weighted by molar-refractivity contribution is -0.179. The monoisotopic (exact) mass is 148 g/mol. The van der Waals surface area contributed by atoms with Gasteiger partial charge in [-0.1, -0.05) is 0 Å². The number of nitrogens with one attached hydrogen (secondary N) is 1. The summed E-state index contributed by atoms with van der Waals surface area (Å²) in [6.45, 7) is 0.602. The van der Waals surface area contributed by atoms with Gasteiger partial charge in [-0.15, -0.1) is 0 Å². The van der Waals surface area contributed by atoms with E-state index in [1.807, 2.05) is 5.43 Å². The molecular weight excluding hydrogens is 140 g/mol. The number of carbonyl (C=O) groups is 2. The van der Waals surface area contributed by atoms with Crippen LogP contribution in [0.25, 0.3) is 0 Å². The summed E-state index contributed by atoms with van der Waals surface area (Å²) < 4.78 is 0. The van der Waals surface area contributed by atoms with Gasteiger partial charge in [-0.05, 0) is 0 Å². The Balaban J connectivity index is 3.49. The Morgan fingerprint density at radius 1 is 1.60 bits per heavy atom. The van der Waals surface area contributed by atoms with Crippen molar-refractivity contribution in [2.75, 3.05) is 6.54 Å². The van der Waals surface area contributed by atoms with Gasteiger partial charge >= 0.3 is 5.97 Å². The minimum absolute atomic E-state index is 0.119. The maximum absolute atomic E-state index is 10.2. The minimum Gasteiger partial charge on any atom is -0.480 e. The molecule has 0 atom stereocenters. The average molecular weight is 148 g/mol. The third kappa shape index (κ3) is 3.81. The molecule has 0 radical (unpaired) electrons. The predicted molar refractivity (Wildman–Crippen MR) is 29.9 cm³/mol. The van der Waals surface area contributed by atoms with Crippen LogP contribution in [0.4, 0.5) is 0 Å². The molecule has 0 fully saturated rings. The highest BCUT2D eigenvalue weighted by Crippen LogP contribution is 1.73. The number of amides is 1. The molecule has 10 heavy (non-hydrogen) atoms. The van der Waals surface area contributed by atoms with Crippen LogP contribution in [0, 0.1) is 0 Å². The summed E-state index contributed by atoms with van der Waals surface area (Å²) in [5.74, 6) is -1.82. The van der Waals surface area contributed by atoms with E-state index in [0.717, 1.165) is 6.92 Å². The van der Waals surface area contributed by atoms with Gasteiger partial charge in [0.15, 0.2) is 0 Å². The number of carboxylic acids is 1. The summed E-state index contributed by atoms with van der Waals surface area (Å²) in [7, 11) is 0. The number of carboxylic acid groups (broad SMARTS) is 1. The summed E-state index contributed by atoms with van der Waals surface area (Å²) >= 11 is 0. The van der Waals surface area contributed by atoms with E-state index < -0.39 is 18.4 Å². The van der Waals surface area contributed by atoms with Crippen molar-refractivity contribution >= 4 is 11.9 Å². The maximum atomic E-state index is 10.2.